The summed E-state index contributed by atoms with van der Waals surface area (Å²) in [5, 5.41) is 2.91. The van der Waals surface area contributed by atoms with Gasteiger partial charge in [-0.2, -0.15) is 0 Å². The molecule has 1 aromatic rings. The molecule has 6 heteroatoms. The summed E-state index contributed by atoms with van der Waals surface area (Å²) in [7, 11) is -3.61. The second-order valence-electron chi connectivity index (χ2n) is 5.27. The van der Waals surface area contributed by atoms with E-state index in [0.29, 0.717) is 11.5 Å². The average molecular weight is 308 g/mol. The van der Waals surface area contributed by atoms with Crippen LogP contribution in [0.15, 0.2) is 41.8 Å². The zero-order valence-corrected chi connectivity index (χ0v) is 12.8. The van der Waals surface area contributed by atoms with E-state index in [1.165, 1.54) is 18.2 Å². The molecule has 1 unspecified atom stereocenters. The minimum Gasteiger partial charge on any atom is -0.349 e. The molecule has 1 aliphatic carbocycles. The zero-order valence-electron chi connectivity index (χ0n) is 12.0. The minimum atomic E-state index is -3.61. The van der Waals surface area contributed by atoms with E-state index in [2.05, 4.69) is 16.6 Å². The summed E-state index contributed by atoms with van der Waals surface area (Å²) in [4.78, 5) is 12.2. The normalized spacial score (nSPS) is 16.2. The molecule has 114 valence electrons. The first-order valence-electron chi connectivity index (χ1n) is 6.95. The van der Waals surface area contributed by atoms with Crippen LogP contribution in [0.2, 0.25) is 0 Å². The fourth-order valence-corrected chi connectivity index (χ4v) is 3.10. The Morgan fingerprint density at radius 1 is 1.48 bits per heavy atom. The van der Waals surface area contributed by atoms with Crippen molar-refractivity contribution in [1.82, 2.24) is 10.0 Å². The largest absolute Gasteiger partial charge is 0.349 e. The lowest BCUT2D eigenvalue weighted by atomic mass is 10.1. The fraction of sp³-hybridized carbons (Fsp3) is 0.400. The Hall–Kier alpha value is -1.66. The summed E-state index contributed by atoms with van der Waals surface area (Å²) in [6.45, 7) is 5.59. The highest BCUT2D eigenvalue weighted by atomic mass is 32.2. The van der Waals surface area contributed by atoms with Crippen molar-refractivity contribution in [2.45, 2.75) is 30.7 Å². The van der Waals surface area contributed by atoms with Gasteiger partial charge in [0.05, 0.1) is 4.90 Å². The molecule has 2 rings (SSSR count). The second-order valence-corrected chi connectivity index (χ2v) is 7.03. The van der Waals surface area contributed by atoms with Gasteiger partial charge in [-0.25, -0.2) is 13.1 Å². The van der Waals surface area contributed by atoms with E-state index in [4.69, 9.17) is 0 Å². The Morgan fingerprint density at radius 2 is 2.19 bits per heavy atom. The van der Waals surface area contributed by atoms with Crippen LogP contribution in [-0.2, 0) is 10.0 Å². The van der Waals surface area contributed by atoms with Gasteiger partial charge < -0.3 is 5.32 Å². The Bertz CT molecular complexity index is 636. The van der Waals surface area contributed by atoms with Crippen LogP contribution >= 0.6 is 0 Å². The fourth-order valence-electron chi connectivity index (χ4n) is 2.06. The van der Waals surface area contributed by atoms with Crippen LogP contribution in [-0.4, -0.2) is 26.9 Å². The summed E-state index contributed by atoms with van der Waals surface area (Å²) in [6.07, 6.45) is 3.74. The monoisotopic (exact) mass is 308 g/mol. The number of nitrogens with one attached hydrogen (secondary N) is 2. The lowest BCUT2D eigenvalue weighted by Crippen LogP contribution is -2.34. The van der Waals surface area contributed by atoms with Crippen LogP contribution < -0.4 is 10.0 Å². The predicted octanol–water partition coefficient (Wildman–Crippen LogP) is 1.68. The maximum absolute atomic E-state index is 12.1. The molecule has 0 aliphatic heterocycles. The highest BCUT2D eigenvalue weighted by Gasteiger charge is 2.29. The molecule has 1 aliphatic rings. The molecule has 21 heavy (non-hydrogen) atoms. The van der Waals surface area contributed by atoms with Crippen LogP contribution in [0.4, 0.5) is 0 Å². The van der Waals surface area contributed by atoms with E-state index in [0.717, 1.165) is 12.8 Å². The molecule has 5 nitrogen and oxygen atoms in total. The highest BCUT2D eigenvalue weighted by Crippen LogP contribution is 2.32. The van der Waals surface area contributed by atoms with Crippen molar-refractivity contribution >= 4 is 15.9 Å². The smallest absolute Gasteiger partial charge is 0.251 e. The minimum absolute atomic E-state index is 0.0797. The summed E-state index contributed by atoms with van der Waals surface area (Å²) < 4.78 is 26.4. The lowest BCUT2D eigenvalue weighted by Gasteiger charge is -2.13. The van der Waals surface area contributed by atoms with E-state index in [9.17, 15) is 13.2 Å². The van der Waals surface area contributed by atoms with Gasteiger partial charge in [-0.3, -0.25) is 4.79 Å². The molecule has 0 heterocycles. The van der Waals surface area contributed by atoms with Crippen LogP contribution in [0.5, 0.6) is 0 Å². The number of carbonyl (C=O) groups is 1. The van der Waals surface area contributed by atoms with Crippen molar-refractivity contribution in [2.75, 3.05) is 6.54 Å². The van der Waals surface area contributed by atoms with Crippen molar-refractivity contribution in [3.8, 4) is 0 Å². The predicted molar refractivity (Wildman–Crippen MR) is 81.5 cm³/mol. The first-order chi connectivity index (χ1) is 9.94. The van der Waals surface area contributed by atoms with E-state index < -0.39 is 10.0 Å². The molecule has 0 spiro atoms. The summed E-state index contributed by atoms with van der Waals surface area (Å²) in [6, 6.07) is 6.16. The molecule has 0 saturated heterocycles. The Labute approximate surface area is 125 Å². The number of benzene rings is 1. The van der Waals surface area contributed by atoms with Gasteiger partial charge in [-0.1, -0.05) is 12.1 Å². The molecule has 1 saturated carbocycles. The highest BCUT2D eigenvalue weighted by molar-refractivity contribution is 7.89. The number of hydrogen-bond acceptors (Lipinski definition) is 3. The van der Waals surface area contributed by atoms with Crippen LogP contribution in [0.25, 0.3) is 0 Å². The van der Waals surface area contributed by atoms with Gasteiger partial charge in [0.25, 0.3) is 5.91 Å². The standard InChI is InChI=1S/C15H20N2O3S/c1-3-9-16-21(19,20)14-6-4-5-13(10-14)15(18)17-11(2)12-7-8-12/h3-6,10-12,16H,1,7-9H2,2H3,(H,17,18). The van der Waals surface area contributed by atoms with Gasteiger partial charge in [-0.15, -0.1) is 6.58 Å². The molecule has 1 aromatic carbocycles. The third kappa shape index (κ3) is 4.15. The molecule has 1 atom stereocenters. The number of hydrogen-bond donors (Lipinski definition) is 2. The van der Waals surface area contributed by atoms with E-state index >= 15 is 0 Å². The van der Waals surface area contributed by atoms with Crippen LogP contribution in [0.1, 0.15) is 30.1 Å². The molecular weight excluding hydrogens is 288 g/mol. The lowest BCUT2D eigenvalue weighted by molar-refractivity contribution is 0.0935. The second kappa shape index (κ2) is 6.41. The van der Waals surface area contributed by atoms with Crippen molar-refractivity contribution in [3.05, 3.63) is 42.5 Å². The topological polar surface area (TPSA) is 75.3 Å². The molecule has 1 amide bonds. The molecule has 0 radical (unpaired) electrons. The van der Waals surface area contributed by atoms with E-state index in [-0.39, 0.29) is 23.4 Å². The van der Waals surface area contributed by atoms with Crippen LogP contribution in [0.3, 0.4) is 0 Å². The van der Waals surface area contributed by atoms with Crippen molar-refractivity contribution in [3.63, 3.8) is 0 Å². The number of carbonyl (C=O) groups excluding carboxylic acids is 1. The molecular formula is C15H20N2O3S. The van der Waals surface area contributed by atoms with Crippen molar-refractivity contribution < 1.29 is 13.2 Å². The van der Waals surface area contributed by atoms with Crippen molar-refractivity contribution in [1.29, 1.82) is 0 Å². The van der Waals surface area contributed by atoms with Gasteiger partial charge in [0.1, 0.15) is 0 Å². The maximum atomic E-state index is 12.1. The number of amides is 1. The Balaban J connectivity index is 2.12. The van der Waals surface area contributed by atoms with Gasteiger partial charge in [0, 0.05) is 18.2 Å². The summed E-state index contributed by atoms with van der Waals surface area (Å²) >= 11 is 0. The van der Waals surface area contributed by atoms with E-state index in [1.54, 1.807) is 12.1 Å². The SMILES string of the molecule is C=CCNS(=O)(=O)c1cccc(C(=O)NC(C)C2CC2)c1. The number of sulfonamides is 1. The zero-order chi connectivity index (χ0) is 15.5. The van der Waals surface area contributed by atoms with E-state index in [1.807, 2.05) is 6.92 Å². The van der Waals surface area contributed by atoms with Gasteiger partial charge in [0.15, 0.2) is 0 Å². The number of rotatable bonds is 7. The first kappa shape index (κ1) is 15.7. The van der Waals surface area contributed by atoms with Crippen LogP contribution in [0, 0.1) is 5.92 Å². The average Bonchev–Trinajstić information content (AvgIpc) is 3.30. The van der Waals surface area contributed by atoms with Crippen molar-refractivity contribution in [2.24, 2.45) is 5.92 Å². The Kier molecular flexibility index (Phi) is 4.80. The maximum Gasteiger partial charge on any atom is 0.251 e. The van der Waals surface area contributed by atoms with Gasteiger partial charge in [-0.05, 0) is 43.9 Å². The van der Waals surface area contributed by atoms with Gasteiger partial charge >= 0.3 is 0 Å². The third-order valence-electron chi connectivity index (χ3n) is 3.51. The first-order valence-corrected chi connectivity index (χ1v) is 8.44. The molecule has 1 fully saturated rings. The molecule has 2 N–H and O–H groups in total. The quantitative estimate of drug-likeness (QED) is 0.753. The Morgan fingerprint density at radius 3 is 2.81 bits per heavy atom. The third-order valence-corrected chi connectivity index (χ3v) is 4.93. The van der Waals surface area contributed by atoms with Gasteiger partial charge in [0.2, 0.25) is 10.0 Å². The summed E-state index contributed by atoms with van der Waals surface area (Å²) in [5.41, 5.74) is 0.351. The summed E-state index contributed by atoms with van der Waals surface area (Å²) in [5.74, 6) is 0.310. The molecule has 0 aromatic heterocycles. The molecule has 0 bridgehead atoms.